The van der Waals surface area contributed by atoms with Gasteiger partial charge in [0.25, 0.3) is 0 Å². The van der Waals surface area contributed by atoms with Crippen molar-refractivity contribution in [2.75, 3.05) is 0 Å². The van der Waals surface area contributed by atoms with Crippen LogP contribution in [0.1, 0.15) is 36.0 Å². The van der Waals surface area contributed by atoms with Gasteiger partial charge in [0.15, 0.2) is 0 Å². The van der Waals surface area contributed by atoms with E-state index < -0.39 is 0 Å². The number of aryl methyl sites for hydroxylation is 1. The molecule has 1 unspecified atom stereocenters. The third kappa shape index (κ3) is 2.07. The molecule has 1 atom stereocenters. The minimum atomic E-state index is 0.579. The second-order valence-electron chi connectivity index (χ2n) is 6.38. The summed E-state index contributed by atoms with van der Waals surface area (Å²) in [7, 11) is 0. The molecular weight excluding hydrogens is 264 g/mol. The van der Waals surface area contributed by atoms with Crippen LogP contribution in [0.2, 0.25) is 0 Å². The fourth-order valence-corrected chi connectivity index (χ4v) is 3.58. The van der Waals surface area contributed by atoms with Gasteiger partial charge in [-0.1, -0.05) is 73.2 Å². The summed E-state index contributed by atoms with van der Waals surface area (Å²) < 4.78 is 0. The smallest absolute Gasteiger partial charge is 0.0102 e. The van der Waals surface area contributed by atoms with Gasteiger partial charge in [-0.3, -0.25) is 0 Å². The lowest BCUT2D eigenvalue weighted by Crippen LogP contribution is -2.03. The van der Waals surface area contributed by atoms with Gasteiger partial charge >= 0.3 is 0 Å². The number of hydrogen-bond donors (Lipinski definition) is 0. The Morgan fingerprint density at radius 3 is 2.55 bits per heavy atom. The Bertz CT molecular complexity index is 866. The molecule has 1 aliphatic rings. The molecule has 4 rings (SSSR count). The predicted octanol–water partition coefficient (Wildman–Crippen LogP) is 6.34. The fourth-order valence-electron chi connectivity index (χ4n) is 3.58. The van der Waals surface area contributed by atoms with E-state index in [9.17, 15) is 0 Å². The minimum absolute atomic E-state index is 0.579. The zero-order valence-electron chi connectivity index (χ0n) is 13.1. The molecule has 0 nitrogen and oxygen atoms in total. The summed E-state index contributed by atoms with van der Waals surface area (Å²) in [6.07, 6.45) is 5.77. The molecule has 22 heavy (non-hydrogen) atoms. The van der Waals surface area contributed by atoms with E-state index in [4.69, 9.17) is 0 Å². The zero-order chi connectivity index (χ0) is 15.1. The van der Waals surface area contributed by atoms with E-state index >= 15 is 0 Å². The molecule has 0 saturated heterocycles. The van der Waals surface area contributed by atoms with Gasteiger partial charge < -0.3 is 0 Å². The Balaban J connectivity index is 2.07. The van der Waals surface area contributed by atoms with Crippen molar-refractivity contribution in [1.29, 1.82) is 0 Å². The average Bonchev–Trinajstić information content (AvgIpc) is 2.55. The van der Waals surface area contributed by atoms with Crippen LogP contribution in [0, 0.1) is 6.92 Å². The van der Waals surface area contributed by atoms with E-state index in [1.807, 2.05) is 0 Å². The lowest BCUT2D eigenvalue weighted by Gasteiger charge is -2.23. The van der Waals surface area contributed by atoms with Gasteiger partial charge in [0.05, 0.1) is 0 Å². The molecule has 0 heteroatoms. The number of benzene rings is 3. The highest BCUT2D eigenvalue weighted by Crippen LogP contribution is 2.41. The highest BCUT2D eigenvalue weighted by molar-refractivity contribution is 5.96. The normalized spacial score (nSPS) is 16.7. The molecule has 108 valence electrons. The van der Waals surface area contributed by atoms with Gasteiger partial charge in [0, 0.05) is 0 Å². The maximum absolute atomic E-state index is 2.35. The molecule has 0 aromatic heterocycles. The van der Waals surface area contributed by atoms with Gasteiger partial charge in [-0.2, -0.15) is 0 Å². The zero-order valence-corrected chi connectivity index (χ0v) is 13.1. The van der Waals surface area contributed by atoms with Crippen LogP contribution in [0.3, 0.4) is 0 Å². The lowest BCUT2D eigenvalue weighted by molar-refractivity contribution is 0.779. The second-order valence-corrected chi connectivity index (χ2v) is 6.38. The Morgan fingerprint density at radius 1 is 0.955 bits per heavy atom. The van der Waals surface area contributed by atoms with Crippen molar-refractivity contribution in [3.05, 3.63) is 77.4 Å². The fraction of sp³-hybridized carbons (Fsp3) is 0.182. The first-order valence-electron chi connectivity index (χ1n) is 8.03. The summed E-state index contributed by atoms with van der Waals surface area (Å²) in [5.41, 5.74) is 6.89. The van der Waals surface area contributed by atoms with E-state index in [2.05, 4.69) is 80.6 Å². The van der Waals surface area contributed by atoms with E-state index in [1.165, 1.54) is 38.6 Å². The van der Waals surface area contributed by atoms with Crippen LogP contribution in [0.25, 0.3) is 28.0 Å². The largest absolute Gasteiger partial charge is 0.0833 e. The van der Waals surface area contributed by atoms with E-state index in [-0.39, 0.29) is 0 Å². The van der Waals surface area contributed by atoms with Crippen molar-refractivity contribution in [1.82, 2.24) is 0 Å². The Hall–Kier alpha value is -2.34. The topological polar surface area (TPSA) is 0 Å². The van der Waals surface area contributed by atoms with E-state index in [0.29, 0.717) is 5.92 Å². The third-order valence-electron chi connectivity index (χ3n) is 4.76. The highest BCUT2D eigenvalue weighted by atomic mass is 14.2. The third-order valence-corrected chi connectivity index (χ3v) is 4.76. The molecule has 0 spiro atoms. The van der Waals surface area contributed by atoms with Crippen molar-refractivity contribution in [3.63, 3.8) is 0 Å². The summed E-state index contributed by atoms with van der Waals surface area (Å²) in [6.45, 7) is 4.48. The Kier molecular flexibility index (Phi) is 3.11. The van der Waals surface area contributed by atoms with E-state index in [1.54, 1.807) is 0 Å². The summed E-state index contributed by atoms with van der Waals surface area (Å²) in [5.74, 6) is 0.579. The number of rotatable bonds is 1. The van der Waals surface area contributed by atoms with Crippen molar-refractivity contribution in [3.8, 4) is 11.1 Å². The summed E-state index contributed by atoms with van der Waals surface area (Å²) in [5, 5.41) is 2.75. The molecule has 0 amide bonds. The second kappa shape index (κ2) is 5.14. The van der Waals surface area contributed by atoms with Crippen molar-refractivity contribution in [2.24, 2.45) is 0 Å². The van der Waals surface area contributed by atoms with Crippen molar-refractivity contribution < 1.29 is 0 Å². The van der Waals surface area contributed by atoms with Crippen LogP contribution in [-0.4, -0.2) is 0 Å². The van der Waals surface area contributed by atoms with Gasteiger partial charge in [0.1, 0.15) is 0 Å². The van der Waals surface area contributed by atoms with E-state index in [0.717, 1.165) is 6.42 Å². The molecule has 0 aliphatic heterocycles. The van der Waals surface area contributed by atoms with Crippen molar-refractivity contribution >= 4 is 16.8 Å². The van der Waals surface area contributed by atoms with Crippen LogP contribution in [0.5, 0.6) is 0 Å². The quantitative estimate of drug-likeness (QED) is 0.489. The van der Waals surface area contributed by atoms with Gasteiger partial charge in [-0.05, 0) is 58.4 Å². The lowest BCUT2D eigenvalue weighted by atomic mass is 9.81. The van der Waals surface area contributed by atoms with Crippen molar-refractivity contribution in [2.45, 2.75) is 26.2 Å². The molecular formula is C22H20. The highest BCUT2D eigenvalue weighted by Gasteiger charge is 2.19. The van der Waals surface area contributed by atoms with Crippen LogP contribution in [0.4, 0.5) is 0 Å². The predicted molar refractivity (Wildman–Crippen MR) is 96.2 cm³/mol. The van der Waals surface area contributed by atoms with Gasteiger partial charge in [0.2, 0.25) is 0 Å². The van der Waals surface area contributed by atoms with Crippen LogP contribution < -0.4 is 0 Å². The summed E-state index contributed by atoms with van der Waals surface area (Å²) >= 11 is 0. The SMILES string of the molecule is Cc1ccc(-c2cc3ccccc3c3c2C=CCC3C)cc1. The maximum atomic E-state index is 2.35. The first-order chi connectivity index (χ1) is 10.7. The van der Waals surface area contributed by atoms with Gasteiger partial charge in [-0.25, -0.2) is 0 Å². The average molecular weight is 284 g/mol. The van der Waals surface area contributed by atoms with Gasteiger partial charge in [-0.15, -0.1) is 0 Å². The summed E-state index contributed by atoms with van der Waals surface area (Å²) in [6, 6.07) is 20.0. The molecule has 3 aromatic carbocycles. The maximum Gasteiger partial charge on any atom is -0.0102 e. The molecule has 1 aliphatic carbocycles. The Morgan fingerprint density at radius 2 is 1.73 bits per heavy atom. The Labute approximate surface area is 132 Å². The first-order valence-corrected chi connectivity index (χ1v) is 8.03. The van der Waals surface area contributed by atoms with Crippen LogP contribution in [-0.2, 0) is 0 Å². The molecule has 0 radical (unpaired) electrons. The van der Waals surface area contributed by atoms with Crippen LogP contribution >= 0.6 is 0 Å². The molecule has 0 heterocycles. The molecule has 0 bridgehead atoms. The monoisotopic (exact) mass is 284 g/mol. The first kappa shape index (κ1) is 13.3. The minimum Gasteiger partial charge on any atom is -0.0833 e. The van der Waals surface area contributed by atoms with Crippen LogP contribution in [0.15, 0.2) is 60.7 Å². The number of hydrogen-bond acceptors (Lipinski definition) is 0. The molecule has 0 saturated carbocycles. The summed E-state index contributed by atoms with van der Waals surface area (Å²) in [4.78, 5) is 0. The molecule has 0 N–H and O–H groups in total. The number of fused-ring (bicyclic) bond motifs is 3. The molecule has 3 aromatic rings. The standard InChI is InChI=1S/C22H20/c1-15-10-12-17(13-11-15)21-14-18-7-3-4-8-19(18)22-16(2)6-5-9-20(21)22/h3-5,7-14,16H,6H2,1-2H3. The molecule has 0 fully saturated rings. The number of allylic oxidation sites excluding steroid dienone is 1.